The summed E-state index contributed by atoms with van der Waals surface area (Å²) in [6.07, 6.45) is 0. The van der Waals surface area contributed by atoms with Crippen molar-refractivity contribution in [3.05, 3.63) is 51.9 Å². The number of nitrogens with one attached hydrogen (secondary N) is 1. The molecule has 1 heterocycles. The van der Waals surface area contributed by atoms with Gasteiger partial charge in [-0.3, -0.25) is 4.79 Å². The predicted molar refractivity (Wildman–Crippen MR) is 97.9 cm³/mol. The first-order valence-electron chi connectivity index (χ1n) is 7.30. The highest BCUT2D eigenvalue weighted by atomic mass is 35.5. The van der Waals surface area contributed by atoms with Gasteiger partial charge in [0, 0.05) is 5.56 Å². The third-order valence-electron chi connectivity index (χ3n) is 3.69. The number of rotatable bonds is 5. The molecule has 1 aromatic heterocycles. The van der Waals surface area contributed by atoms with E-state index in [0.29, 0.717) is 16.8 Å². The summed E-state index contributed by atoms with van der Waals surface area (Å²) in [4.78, 5) is 28.3. The Morgan fingerprint density at radius 1 is 1.27 bits per heavy atom. The zero-order valence-corrected chi connectivity index (χ0v) is 16.0. The van der Waals surface area contributed by atoms with Crippen LogP contribution >= 0.6 is 34.8 Å². The van der Waals surface area contributed by atoms with Crippen LogP contribution in [0.15, 0.2) is 30.3 Å². The van der Waals surface area contributed by atoms with E-state index in [-0.39, 0.29) is 16.1 Å². The molecule has 0 bridgehead atoms. The van der Waals surface area contributed by atoms with Crippen molar-refractivity contribution in [1.29, 1.82) is 0 Å². The van der Waals surface area contributed by atoms with Gasteiger partial charge in [-0.1, -0.05) is 23.2 Å². The fraction of sp³-hybridized carbons (Fsp3) is 0.235. The first-order valence-corrected chi connectivity index (χ1v) is 8.59. The fourth-order valence-corrected chi connectivity index (χ4v) is 2.80. The Morgan fingerprint density at radius 3 is 2.54 bits per heavy atom. The van der Waals surface area contributed by atoms with Crippen molar-refractivity contribution in [3.8, 4) is 11.3 Å². The van der Waals surface area contributed by atoms with E-state index in [0.717, 1.165) is 0 Å². The van der Waals surface area contributed by atoms with Crippen LogP contribution in [0.25, 0.3) is 11.3 Å². The maximum atomic E-state index is 13.4. The van der Waals surface area contributed by atoms with Crippen LogP contribution in [0.5, 0.6) is 0 Å². The smallest absolute Gasteiger partial charge is 0.336 e. The van der Waals surface area contributed by atoms with Gasteiger partial charge in [-0.05, 0) is 42.8 Å². The summed E-state index contributed by atoms with van der Waals surface area (Å²) < 4.78 is 18.2. The molecule has 0 fully saturated rings. The van der Waals surface area contributed by atoms with Gasteiger partial charge in [0.05, 0.1) is 17.8 Å². The summed E-state index contributed by atoms with van der Waals surface area (Å²) in [7, 11) is 1.19. The highest BCUT2D eigenvalue weighted by Crippen LogP contribution is 2.30. The fourth-order valence-electron chi connectivity index (χ4n) is 2.35. The topological polar surface area (TPSA) is 68.3 Å². The van der Waals surface area contributed by atoms with Crippen LogP contribution in [0.3, 0.4) is 0 Å². The molecule has 0 radical (unpaired) electrons. The largest absolute Gasteiger partial charge is 0.467 e. The lowest BCUT2D eigenvalue weighted by Gasteiger charge is -2.28. The Labute approximate surface area is 164 Å². The second kappa shape index (κ2) is 8.20. The van der Waals surface area contributed by atoms with E-state index < -0.39 is 23.2 Å². The molecule has 1 amide bonds. The van der Waals surface area contributed by atoms with E-state index in [4.69, 9.17) is 39.5 Å². The third kappa shape index (κ3) is 4.26. The number of halogens is 4. The number of aromatic nitrogens is 1. The SMILES string of the molecule is COC(=O)C(C)(NC(=O)CCl)c1cc(Cl)nc(-c2ccc(F)c(Cl)c2)c1. The van der Waals surface area contributed by atoms with Gasteiger partial charge >= 0.3 is 5.97 Å². The lowest BCUT2D eigenvalue weighted by atomic mass is 9.91. The number of nitrogens with zero attached hydrogens (tertiary/aromatic N) is 1. The number of hydrogen-bond acceptors (Lipinski definition) is 4. The van der Waals surface area contributed by atoms with E-state index in [2.05, 4.69) is 10.3 Å². The minimum Gasteiger partial charge on any atom is -0.467 e. The van der Waals surface area contributed by atoms with E-state index in [1.807, 2.05) is 0 Å². The van der Waals surface area contributed by atoms with Crippen LogP contribution in [-0.2, 0) is 19.9 Å². The van der Waals surface area contributed by atoms with E-state index >= 15 is 0 Å². The second-order valence-electron chi connectivity index (χ2n) is 5.49. The summed E-state index contributed by atoms with van der Waals surface area (Å²) in [5.74, 6) is -2.21. The van der Waals surface area contributed by atoms with Gasteiger partial charge in [0.15, 0.2) is 5.54 Å². The molecule has 1 atom stereocenters. The first-order chi connectivity index (χ1) is 12.2. The molecule has 1 N–H and O–H groups in total. The molecule has 0 spiro atoms. The number of alkyl halides is 1. The average molecular weight is 420 g/mol. The summed E-state index contributed by atoms with van der Waals surface area (Å²) in [5.41, 5.74) is -0.412. The quantitative estimate of drug-likeness (QED) is 0.453. The third-order valence-corrected chi connectivity index (χ3v) is 4.42. The van der Waals surface area contributed by atoms with E-state index in [1.165, 1.54) is 44.4 Å². The highest BCUT2D eigenvalue weighted by Gasteiger charge is 2.38. The number of esters is 1. The molecule has 1 unspecified atom stereocenters. The van der Waals surface area contributed by atoms with Crippen molar-refractivity contribution in [2.24, 2.45) is 0 Å². The molecule has 138 valence electrons. The van der Waals surface area contributed by atoms with Gasteiger partial charge in [-0.2, -0.15) is 0 Å². The van der Waals surface area contributed by atoms with Crippen molar-refractivity contribution in [3.63, 3.8) is 0 Å². The molecular weight excluding hydrogens is 406 g/mol. The lowest BCUT2D eigenvalue weighted by Crippen LogP contribution is -2.50. The number of benzene rings is 1. The Kier molecular flexibility index (Phi) is 6.44. The molecule has 2 aromatic rings. The predicted octanol–water partition coefficient (Wildman–Crippen LogP) is 3.94. The van der Waals surface area contributed by atoms with E-state index in [9.17, 15) is 14.0 Å². The maximum Gasteiger partial charge on any atom is 0.336 e. The van der Waals surface area contributed by atoms with Crippen molar-refractivity contribution in [2.75, 3.05) is 13.0 Å². The monoisotopic (exact) mass is 418 g/mol. The number of hydrogen-bond donors (Lipinski definition) is 1. The molecule has 9 heteroatoms. The van der Waals surface area contributed by atoms with Crippen molar-refractivity contribution in [1.82, 2.24) is 10.3 Å². The van der Waals surface area contributed by atoms with Crippen molar-refractivity contribution >= 4 is 46.7 Å². The van der Waals surface area contributed by atoms with Gasteiger partial charge < -0.3 is 10.1 Å². The summed E-state index contributed by atoms with van der Waals surface area (Å²) >= 11 is 17.4. The Morgan fingerprint density at radius 2 is 1.96 bits per heavy atom. The standard InChI is InChI=1S/C17H14Cl3FN2O3/c1-17(16(25)26-2,23-15(24)8-18)10-6-13(22-14(20)7-10)9-3-4-12(21)11(19)5-9/h3-7H,8H2,1-2H3,(H,23,24). The summed E-state index contributed by atoms with van der Waals surface area (Å²) in [6.45, 7) is 1.45. The van der Waals surface area contributed by atoms with Gasteiger partial charge in [0.25, 0.3) is 0 Å². The van der Waals surface area contributed by atoms with Crippen LogP contribution < -0.4 is 5.32 Å². The Hall–Kier alpha value is -1.89. The van der Waals surface area contributed by atoms with Crippen LogP contribution in [0.2, 0.25) is 10.2 Å². The normalized spacial score (nSPS) is 13.0. The minimum atomic E-state index is -1.55. The molecule has 0 aliphatic heterocycles. The number of ether oxygens (including phenoxy) is 1. The molecule has 0 aliphatic carbocycles. The van der Waals surface area contributed by atoms with Crippen LogP contribution in [0, 0.1) is 5.82 Å². The summed E-state index contributed by atoms with van der Waals surface area (Å²) in [6, 6.07) is 6.99. The van der Waals surface area contributed by atoms with Crippen LogP contribution in [-0.4, -0.2) is 29.9 Å². The lowest BCUT2D eigenvalue weighted by molar-refractivity contribution is -0.150. The molecule has 5 nitrogen and oxygen atoms in total. The Bertz CT molecular complexity index is 863. The number of amides is 1. The average Bonchev–Trinajstić information content (AvgIpc) is 2.62. The molecule has 26 heavy (non-hydrogen) atoms. The van der Waals surface area contributed by atoms with Crippen LogP contribution in [0.1, 0.15) is 12.5 Å². The zero-order valence-electron chi connectivity index (χ0n) is 13.8. The van der Waals surface area contributed by atoms with Gasteiger partial charge in [-0.25, -0.2) is 14.2 Å². The first kappa shape index (κ1) is 20.4. The molecule has 0 saturated heterocycles. The minimum absolute atomic E-state index is 0.0631. The second-order valence-corrected chi connectivity index (χ2v) is 6.55. The maximum absolute atomic E-state index is 13.4. The molecule has 1 aromatic carbocycles. The van der Waals surface area contributed by atoms with Crippen molar-refractivity contribution < 1.29 is 18.7 Å². The highest BCUT2D eigenvalue weighted by molar-refractivity contribution is 6.31. The number of carbonyl (C=O) groups excluding carboxylic acids is 2. The molecule has 0 aliphatic rings. The van der Waals surface area contributed by atoms with Crippen molar-refractivity contribution in [2.45, 2.75) is 12.5 Å². The van der Waals surface area contributed by atoms with E-state index in [1.54, 1.807) is 0 Å². The summed E-state index contributed by atoms with van der Waals surface area (Å²) in [5, 5.41) is 2.50. The molecule has 2 rings (SSSR count). The Balaban J connectivity index is 2.60. The number of pyridine rings is 1. The molecule has 0 saturated carbocycles. The van der Waals surface area contributed by atoms with Gasteiger partial charge in [0.1, 0.15) is 16.9 Å². The van der Waals surface area contributed by atoms with Gasteiger partial charge in [0.2, 0.25) is 5.91 Å². The molecular formula is C17H14Cl3FN2O3. The van der Waals surface area contributed by atoms with Gasteiger partial charge in [-0.15, -0.1) is 11.6 Å². The number of methoxy groups -OCH3 is 1. The van der Waals surface area contributed by atoms with Crippen LogP contribution in [0.4, 0.5) is 4.39 Å². The zero-order chi connectivity index (χ0) is 19.5. The number of carbonyl (C=O) groups is 2.